The Kier molecular flexibility index (Phi) is 6.46. The van der Waals surface area contributed by atoms with Crippen molar-refractivity contribution in [2.24, 2.45) is 0 Å². The van der Waals surface area contributed by atoms with Crippen molar-refractivity contribution in [1.29, 1.82) is 0 Å². The first-order valence-corrected chi connectivity index (χ1v) is 8.31. The predicted octanol–water partition coefficient (Wildman–Crippen LogP) is 1.78. The maximum absolute atomic E-state index is 12.3. The van der Waals surface area contributed by atoms with Crippen LogP contribution in [0.1, 0.15) is 24.9 Å². The molecule has 0 bridgehead atoms. The molecule has 1 aliphatic heterocycles. The number of carbonyl (C=O) groups excluding carboxylic acids is 2. The number of β-amino-alcohol motifs (C(OH)–C–C–N with tert-alkyl or cyclic N) is 1. The first-order chi connectivity index (χ1) is 11.3. The zero-order chi connectivity index (χ0) is 17.9. The minimum Gasteiger partial charge on any atom is -0.468 e. The van der Waals surface area contributed by atoms with Crippen LogP contribution in [0.5, 0.6) is 0 Å². The number of methoxy groups -OCH3 is 1. The van der Waals surface area contributed by atoms with Crippen LogP contribution in [0.15, 0.2) is 18.2 Å². The monoisotopic (exact) mass is 374 g/mol. The minimum atomic E-state index is -0.648. The second-order valence-corrected chi connectivity index (χ2v) is 6.66. The number of nitrogens with one attached hydrogen (secondary N) is 1. The van der Waals surface area contributed by atoms with Crippen LogP contribution in [0.4, 0.5) is 0 Å². The maximum Gasteiger partial charge on any atom is 0.323 e. The van der Waals surface area contributed by atoms with Crippen LogP contribution in [0, 0.1) is 0 Å². The number of hydrogen-bond acceptors (Lipinski definition) is 5. The molecule has 8 heteroatoms. The Morgan fingerprint density at radius 2 is 2.17 bits per heavy atom. The molecular formula is C16H20Cl2N2O4. The van der Waals surface area contributed by atoms with Crippen molar-refractivity contribution in [2.75, 3.05) is 20.2 Å². The highest BCUT2D eigenvalue weighted by atomic mass is 35.5. The van der Waals surface area contributed by atoms with Crippen LogP contribution in [-0.4, -0.2) is 54.2 Å². The van der Waals surface area contributed by atoms with E-state index in [1.165, 1.54) is 7.11 Å². The topological polar surface area (TPSA) is 78.9 Å². The fourth-order valence-electron chi connectivity index (χ4n) is 2.84. The molecule has 1 fully saturated rings. The lowest BCUT2D eigenvalue weighted by molar-refractivity contribution is -0.146. The summed E-state index contributed by atoms with van der Waals surface area (Å²) in [4.78, 5) is 25.6. The first-order valence-electron chi connectivity index (χ1n) is 7.56. The molecule has 2 N–H and O–H groups in total. The maximum atomic E-state index is 12.3. The van der Waals surface area contributed by atoms with Crippen molar-refractivity contribution < 1.29 is 19.4 Å². The van der Waals surface area contributed by atoms with E-state index < -0.39 is 18.1 Å². The molecule has 0 aliphatic carbocycles. The lowest BCUT2D eigenvalue weighted by atomic mass is 10.1. The van der Waals surface area contributed by atoms with Crippen LogP contribution < -0.4 is 5.32 Å². The zero-order valence-corrected chi connectivity index (χ0v) is 15.0. The van der Waals surface area contributed by atoms with E-state index in [-0.39, 0.29) is 31.5 Å². The molecule has 1 aromatic carbocycles. The van der Waals surface area contributed by atoms with E-state index in [0.717, 1.165) is 5.56 Å². The molecule has 24 heavy (non-hydrogen) atoms. The Bertz CT molecular complexity index is 626. The third-order valence-corrected chi connectivity index (χ3v) is 4.57. The van der Waals surface area contributed by atoms with Gasteiger partial charge in [-0.15, -0.1) is 0 Å². The average Bonchev–Trinajstić information content (AvgIpc) is 2.86. The number of halogens is 2. The van der Waals surface area contributed by atoms with Gasteiger partial charge in [0.25, 0.3) is 0 Å². The van der Waals surface area contributed by atoms with Crippen LogP contribution in [0.25, 0.3) is 0 Å². The van der Waals surface area contributed by atoms with Gasteiger partial charge in [0, 0.05) is 23.0 Å². The number of likely N-dealkylation sites (tertiary alicyclic amines) is 1. The summed E-state index contributed by atoms with van der Waals surface area (Å²) in [5.74, 6) is -0.718. The van der Waals surface area contributed by atoms with Crippen LogP contribution in [-0.2, 0) is 14.3 Å². The summed E-state index contributed by atoms with van der Waals surface area (Å²) in [5, 5.41) is 13.6. The molecule has 132 valence electrons. The number of nitrogens with zero attached hydrogens (tertiary/aromatic N) is 1. The molecule has 1 saturated heterocycles. The van der Waals surface area contributed by atoms with Crippen molar-refractivity contribution in [1.82, 2.24) is 10.2 Å². The standard InChI is InChI=1S/C16H20Cl2N2O4/c1-9(12-4-3-10(17)5-13(12)18)19-15(22)8-20-7-11(21)6-14(20)16(23)24-2/h3-5,9,11,14,21H,6-8H2,1-2H3,(H,19,22)/t9-,11-,14-/m1/s1. The Labute approximate surface area is 150 Å². The van der Waals surface area contributed by atoms with Crippen molar-refractivity contribution in [3.05, 3.63) is 33.8 Å². The largest absolute Gasteiger partial charge is 0.468 e. The second kappa shape index (κ2) is 8.16. The Hall–Kier alpha value is -1.34. The third kappa shape index (κ3) is 4.60. The van der Waals surface area contributed by atoms with Crippen LogP contribution in [0.2, 0.25) is 10.0 Å². The molecule has 0 radical (unpaired) electrons. The number of carbonyl (C=O) groups is 2. The molecule has 1 aliphatic rings. The molecule has 3 atom stereocenters. The summed E-state index contributed by atoms with van der Waals surface area (Å²) in [6.45, 7) is 2.05. The van der Waals surface area contributed by atoms with Gasteiger partial charge in [-0.25, -0.2) is 0 Å². The molecule has 1 aromatic rings. The van der Waals surface area contributed by atoms with Crippen molar-refractivity contribution in [3.8, 4) is 0 Å². The number of ether oxygens (including phenoxy) is 1. The van der Waals surface area contributed by atoms with Gasteiger partial charge in [-0.05, 0) is 24.6 Å². The molecule has 2 rings (SSSR count). The van der Waals surface area contributed by atoms with Gasteiger partial charge >= 0.3 is 5.97 Å². The molecule has 0 saturated carbocycles. The fraction of sp³-hybridized carbons (Fsp3) is 0.500. The van der Waals surface area contributed by atoms with Gasteiger partial charge in [-0.3, -0.25) is 14.5 Å². The molecule has 0 spiro atoms. The van der Waals surface area contributed by atoms with Gasteiger partial charge in [0.05, 0.1) is 25.8 Å². The molecule has 6 nitrogen and oxygen atoms in total. The SMILES string of the molecule is COC(=O)[C@H]1C[C@@H](O)CN1CC(=O)N[C@H](C)c1ccc(Cl)cc1Cl. The summed E-state index contributed by atoms with van der Waals surface area (Å²) in [6, 6.07) is 4.16. The number of rotatable bonds is 5. The van der Waals surface area contributed by atoms with Gasteiger partial charge < -0.3 is 15.2 Å². The first kappa shape index (κ1) is 19.0. The lowest BCUT2D eigenvalue weighted by Crippen LogP contribution is -2.44. The van der Waals surface area contributed by atoms with Gasteiger partial charge in [0.2, 0.25) is 5.91 Å². The summed E-state index contributed by atoms with van der Waals surface area (Å²) in [5.41, 5.74) is 0.750. The molecule has 0 unspecified atom stereocenters. The van der Waals surface area contributed by atoms with Gasteiger partial charge in [-0.1, -0.05) is 29.3 Å². The van der Waals surface area contributed by atoms with Crippen molar-refractivity contribution in [3.63, 3.8) is 0 Å². The number of hydrogen-bond donors (Lipinski definition) is 2. The summed E-state index contributed by atoms with van der Waals surface area (Å²) in [7, 11) is 1.29. The highest BCUT2D eigenvalue weighted by molar-refractivity contribution is 6.35. The van der Waals surface area contributed by atoms with Crippen molar-refractivity contribution >= 4 is 35.1 Å². The highest BCUT2D eigenvalue weighted by Crippen LogP contribution is 2.26. The third-order valence-electron chi connectivity index (χ3n) is 4.01. The number of esters is 1. The van der Waals surface area contributed by atoms with E-state index in [2.05, 4.69) is 5.32 Å². The number of aliphatic hydroxyl groups excluding tert-OH is 1. The highest BCUT2D eigenvalue weighted by Gasteiger charge is 2.37. The van der Waals surface area contributed by atoms with E-state index in [9.17, 15) is 14.7 Å². The Morgan fingerprint density at radius 1 is 1.46 bits per heavy atom. The average molecular weight is 375 g/mol. The zero-order valence-electron chi connectivity index (χ0n) is 13.5. The molecule has 1 amide bonds. The van der Waals surface area contributed by atoms with Crippen LogP contribution >= 0.6 is 23.2 Å². The second-order valence-electron chi connectivity index (χ2n) is 5.81. The quantitative estimate of drug-likeness (QED) is 0.768. The number of benzene rings is 1. The van der Waals surface area contributed by atoms with E-state index in [1.54, 1.807) is 23.1 Å². The summed E-state index contributed by atoms with van der Waals surface area (Å²) < 4.78 is 4.72. The number of aliphatic hydroxyl groups is 1. The van der Waals surface area contributed by atoms with E-state index >= 15 is 0 Å². The Balaban J connectivity index is 1.98. The predicted molar refractivity (Wildman–Crippen MR) is 91.0 cm³/mol. The van der Waals surface area contributed by atoms with Gasteiger partial charge in [0.1, 0.15) is 6.04 Å². The van der Waals surface area contributed by atoms with Gasteiger partial charge in [0.15, 0.2) is 0 Å². The number of amides is 1. The molecule has 1 heterocycles. The molecule has 0 aromatic heterocycles. The van der Waals surface area contributed by atoms with Crippen molar-refractivity contribution in [2.45, 2.75) is 31.5 Å². The fourth-order valence-corrected chi connectivity index (χ4v) is 3.41. The Morgan fingerprint density at radius 3 is 2.79 bits per heavy atom. The molecular weight excluding hydrogens is 355 g/mol. The van der Waals surface area contributed by atoms with E-state index in [0.29, 0.717) is 10.0 Å². The minimum absolute atomic E-state index is 0.00756. The van der Waals surface area contributed by atoms with E-state index in [1.807, 2.05) is 6.92 Å². The van der Waals surface area contributed by atoms with Gasteiger partial charge in [-0.2, -0.15) is 0 Å². The lowest BCUT2D eigenvalue weighted by Gasteiger charge is -2.23. The summed E-state index contributed by atoms with van der Waals surface area (Å²) >= 11 is 12.0. The van der Waals surface area contributed by atoms with Crippen LogP contribution in [0.3, 0.4) is 0 Å². The normalized spacial score (nSPS) is 22.2. The smallest absolute Gasteiger partial charge is 0.323 e. The summed E-state index contributed by atoms with van der Waals surface area (Å²) in [6.07, 6.45) is -0.386. The van der Waals surface area contributed by atoms with E-state index in [4.69, 9.17) is 27.9 Å².